The van der Waals surface area contributed by atoms with Crippen molar-refractivity contribution >= 4 is 29.2 Å². The molecule has 29 heavy (non-hydrogen) atoms. The highest BCUT2D eigenvalue weighted by molar-refractivity contribution is 7.99. The number of phenols is 1. The molecule has 1 heterocycles. The number of carbonyl (C=O) groups excluding carboxylic acids is 2. The normalized spacial score (nSPS) is 23.4. The molecule has 0 saturated heterocycles. The van der Waals surface area contributed by atoms with Gasteiger partial charge in [-0.3, -0.25) is 14.6 Å². The van der Waals surface area contributed by atoms with Crippen molar-refractivity contribution in [3.63, 3.8) is 0 Å². The standard InChI is InChI=1S/C23H29NO4S/c1-5-29-10-9-28-22(27)19-14(2)24-17-12-23(3,4)13-18(26)21(17)20(19)15-7-6-8-16(25)11-15/h6-8,11,19-20,25H,5,9-10,12-13H2,1-4H3/t19?,20-/m1/s1. The third-order valence-electron chi connectivity index (χ3n) is 5.46. The van der Waals surface area contributed by atoms with Crippen LogP contribution in [-0.4, -0.2) is 40.7 Å². The van der Waals surface area contributed by atoms with Crippen molar-refractivity contribution in [2.24, 2.45) is 16.3 Å². The molecular weight excluding hydrogens is 386 g/mol. The first kappa shape index (κ1) is 21.6. The number of Topliss-reactive ketones (excluding diaryl/α,β-unsaturated/α-hetero) is 1. The third-order valence-corrected chi connectivity index (χ3v) is 6.33. The Labute approximate surface area is 176 Å². The van der Waals surface area contributed by atoms with Gasteiger partial charge in [0.15, 0.2) is 5.78 Å². The minimum atomic E-state index is -0.660. The molecule has 1 N–H and O–H groups in total. The van der Waals surface area contributed by atoms with Gasteiger partial charge in [-0.1, -0.05) is 32.9 Å². The smallest absolute Gasteiger partial charge is 0.315 e. The largest absolute Gasteiger partial charge is 0.508 e. The first-order valence-corrected chi connectivity index (χ1v) is 11.2. The molecule has 1 aromatic carbocycles. The van der Waals surface area contributed by atoms with Crippen LogP contribution in [-0.2, 0) is 14.3 Å². The minimum absolute atomic E-state index is 0.0279. The van der Waals surface area contributed by atoms with Gasteiger partial charge in [-0.15, -0.1) is 0 Å². The van der Waals surface area contributed by atoms with Gasteiger partial charge in [-0.05, 0) is 42.2 Å². The van der Waals surface area contributed by atoms with Crippen LogP contribution in [0.5, 0.6) is 5.75 Å². The highest BCUT2D eigenvalue weighted by Crippen LogP contribution is 2.48. The van der Waals surface area contributed by atoms with E-state index >= 15 is 0 Å². The second-order valence-electron chi connectivity index (χ2n) is 8.47. The second-order valence-corrected chi connectivity index (χ2v) is 9.86. The SMILES string of the molecule is CCSCCOC(=O)C1C(C)=NC2=C(C(=O)CC(C)(C)C2)[C@@H]1c1cccc(O)c1. The average molecular weight is 416 g/mol. The van der Waals surface area contributed by atoms with Crippen molar-refractivity contribution < 1.29 is 19.4 Å². The molecule has 1 aromatic rings. The Hall–Kier alpha value is -2.08. The number of hydrogen-bond acceptors (Lipinski definition) is 6. The Morgan fingerprint density at radius 1 is 1.34 bits per heavy atom. The number of phenolic OH excluding ortho intramolecular Hbond substituents is 1. The van der Waals surface area contributed by atoms with Crippen molar-refractivity contribution in [3.8, 4) is 5.75 Å². The second kappa shape index (κ2) is 8.74. The molecule has 3 rings (SSSR count). The van der Waals surface area contributed by atoms with E-state index in [0.29, 0.717) is 30.7 Å². The molecule has 1 aliphatic heterocycles. The Morgan fingerprint density at radius 2 is 2.10 bits per heavy atom. The van der Waals surface area contributed by atoms with E-state index in [1.807, 2.05) is 13.0 Å². The number of rotatable bonds is 6. The van der Waals surface area contributed by atoms with Gasteiger partial charge in [0.25, 0.3) is 0 Å². The van der Waals surface area contributed by atoms with Crippen LogP contribution in [0.25, 0.3) is 0 Å². The van der Waals surface area contributed by atoms with Crippen LogP contribution in [0.4, 0.5) is 0 Å². The fraction of sp³-hybridized carbons (Fsp3) is 0.522. The Bertz CT molecular complexity index is 871. The number of ether oxygens (including phenoxy) is 1. The monoisotopic (exact) mass is 415 g/mol. The molecule has 6 heteroatoms. The fourth-order valence-electron chi connectivity index (χ4n) is 4.26. The molecule has 0 aromatic heterocycles. The molecule has 2 aliphatic rings. The summed E-state index contributed by atoms with van der Waals surface area (Å²) in [5.74, 6) is 0.342. The van der Waals surface area contributed by atoms with Gasteiger partial charge in [0.05, 0.1) is 0 Å². The van der Waals surface area contributed by atoms with E-state index in [9.17, 15) is 14.7 Å². The van der Waals surface area contributed by atoms with Gasteiger partial charge in [0.2, 0.25) is 0 Å². The highest BCUT2D eigenvalue weighted by Gasteiger charge is 2.46. The zero-order valence-electron chi connectivity index (χ0n) is 17.5. The lowest BCUT2D eigenvalue weighted by Crippen LogP contribution is -2.39. The summed E-state index contributed by atoms with van der Waals surface area (Å²) < 4.78 is 5.55. The number of ketones is 1. The summed E-state index contributed by atoms with van der Waals surface area (Å²) in [6.45, 7) is 8.36. The average Bonchev–Trinajstić information content (AvgIpc) is 2.63. The van der Waals surface area contributed by atoms with Crippen molar-refractivity contribution in [1.29, 1.82) is 0 Å². The summed E-state index contributed by atoms with van der Waals surface area (Å²) in [4.78, 5) is 30.9. The lowest BCUT2D eigenvalue weighted by Gasteiger charge is -2.39. The van der Waals surface area contributed by atoms with Gasteiger partial charge in [0.1, 0.15) is 18.3 Å². The van der Waals surface area contributed by atoms with Crippen molar-refractivity contribution in [2.75, 3.05) is 18.1 Å². The number of aliphatic imine (C=N–C) groups is 1. The summed E-state index contributed by atoms with van der Waals surface area (Å²) in [5.41, 5.74) is 2.61. The van der Waals surface area contributed by atoms with Crippen LogP contribution in [0, 0.1) is 11.3 Å². The van der Waals surface area contributed by atoms with Crippen molar-refractivity contribution in [1.82, 2.24) is 0 Å². The van der Waals surface area contributed by atoms with E-state index in [0.717, 1.165) is 22.8 Å². The quantitative estimate of drug-likeness (QED) is 0.547. The number of hydrogen-bond donors (Lipinski definition) is 1. The van der Waals surface area contributed by atoms with E-state index in [2.05, 4.69) is 20.8 Å². The van der Waals surface area contributed by atoms with Gasteiger partial charge in [-0.25, -0.2) is 0 Å². The Kier molecular flexibility index (Phi) is 6.52. The van der Waals surface area contributed by atoms with Crippen LogP contribution in [0.3, 0.4) is 0 Å². The Morgan fingerprint density at radius 3 is 2.79 bits per heavy atom. The number of allylic oxidation sites excluding steroid dienone is 2. The van der Waals surface area contributed by atoms with E-state index in [-0.39, 0.29) is 22.9 Å². The van der Waals surface area contributed by atoms with Gasteiger partial charge in [-0.2, -0.15) is 11.8 Å². The van der Waals surface area contributed by atoms with E-state index in [1.165, 1.54) is 0 Å². The predicted molar refractivity (Wildman–Crippen MR) is 116 cm³/mol. The topological polar surface area (TPSA) is 76.0 Å². The number of nitrogens with zero attached hydrogens (tertiary/aromatic N) is 1. The van der Waals surface area contributed by atoms with E-state index in [4.69, 9.17) is 9.73 Å². The molecule has 0 amide bonds. The van der Waals surface area contributed by atoms with Crippen LogP contribution in [0.2, 0.25) is 0 Å². The summed E-state index contributed by atoms with van der Waals surface area (Å²) in [6.07, 6.45) is 1.11. The molecule has 156 valence electrons. The van der Waals surface area contributed by atoms with Crippen LogP contribution in [0.1, 0.15) is 52.0 Å². The third kappa shape index (κ3) is 4.74. The molecule has 0 spiro atoms. The number of carbonyl (C=O) groups is 2. The maximum absolute atomic E-state index is 13.1. The lowest BCUT2D eigenvalue weighted by molar-refractivity contribution is -0.145. The van der Waals surface area contributed by atoms with Gasteiger partial charge < -0.3 is 9.84 Å². The molecule has 0 fully saturated rings. The zero-order valence-corrected chi connectivity index (χ0v) is 18.3. The predicted octanol–water partition coefficient (Wildman–Crippen LogP) is 4.51. The highest BCUT2D eigenvalue weighted by atomic mass is 32.2. The minimum Gasteiger partial charge on any atom is -0.508 e. The molecule has 0 bridgehead atoms. The van der Waals surface area contributed by atoms with Crippen LogP contribution < -0.4 is 0 Å². The summed E-state index contributed by atoms with van der Waals surface area (Å²) in [7, 11) is 0. The van der Waals surface area contributed by atoms with Crippen LogP contribution >= 0.6 is 11.8 Å². The number of benzene rings is 1. The zero-order chi connectivity index (χ0) is 21.2. The van der Waals surface area contributed by atoms with E-state index in [1.54, 1.807) is 30.0 Å². The molecule has 2 atom stereocenters. The number of thioether (sulfide) groups is 1. The summed E-state index contributed by atoms with van der Waals surface area (Å²) in [5, 5.41) is 10.0. The molecular formula is C23H29NO4S. The fourth-order valence-corrected chi connectivity index (χ4v) is 4.75. The number of aromatic hydroxyl groups is 1. The molecule has 0 radical (unpaired) electrons. The van der Waals surface area contributed by atoms with E-state index < -0.39 is 11.8 Å². The van der Waals surface area contributed by atoms with Gasteiger partial charge in [0, 0.05) is 35.1 Å². The molecule has 5 nitrogen and oxygen atoms in total. The van der Waals surface area contributed by atoms with Crippen molar-refractivity contribution in [2.45, 2.75) is 46.5 Å². The Balaban J connectivity index is 2.02. The number of esters is 1. The lowest BCUT2D eigenvalue weighted by atomic mass is 9.67. The van der Waals surface area contributed by atoms with Gasteiger partial charge >= 0.3 is 5.97 Å². The molecule has 1 unspecified atom stereocenters. The first-order chi connectivity index (χ1) is 13.7. The molecule has 1 aliphatic carbocycles. The maximum atomic E-state index is 13.1. The summed E-state index contributed by atoms with van der Waals surface area (Å²) >= 11 is 1.71. The van der Waals surface area contributed by atoms with Crippen molar-refractivity contribution in [3.05, 3.63) is 41.1 Å². The van der Waals surface area contributed by atoms with Crippen LogP contribution in [0.15, 0.2) is 40.5 Å². The maximum Gasteiger partial charge on any atom is 0.315 e. The summed E-state index contributed by atoms with van der Waals surface area (Å²) in [6, 6.07) is 6.81. The molecule has 0 saturated carbocycles. The first-order valence-electron chi connectivity index (χ1n) is 10.1.